The van der Waals surface area contributed by atoms with Gasteiger partial charge in [-0.3, -0.25) is 9.36 Å². The van der Waals surface area contributed by atoms with Crippen LogP contribution in [0.3, 0.4) is 0 Å². The smallest absolute Gasteiger partial charge is 1.00 e. The quantitative estimate of drug-likeness (QED) is 0.425. The normalized spacial score (nSPS) is 10.6. The Balaban J connectivity index is 0.00000150. The van der Waals surface area contributed by atoms with Gasteiger partial charge in [-0.1, -0.05) is 30.3 Å². The largest absolute Gasteiger partial charge is 1.00 e. The molecule has 0 amide bonds. The van der Waals surface area contributed by atoms with Crippen LogP contribution in [0.25, 0.3) is 27.8 Å². The number of aliphatic carboxylic acids is 1. The summed E-state index contributed by atoms with van der Waals surface area (Å²) in [6.45, 7) is 0. The van der Waals surface area contributed by atoms with Crippen molar-refractivity contribution >= 4 is 28.8 Å². The number of fused-ring (bicyclic) bond motifs is 1. The molecule has 0 saturated heterocycles. The average Bonchev–Trinajstić information content (AvgIpc) is 3.11. The number of rotatable bonds is 5. The molecule has 1 aromatic heterocycles. The maximum atomic E-state index is 10.8. The Morgan fingerprint density at radius 1 is 1.04 bits per heavy atom. The molecule has 0 aliphatic rings. The van der Waals surface area contributed by atoms with E-state index in [-0.39, 0.29) is 26.7 Å². The van der Waals surface area contributed by atoms with Gasteiger partial charge in [0, 0.05) is 10.6 Å². The maximum Gasteiger partial charge on any atom is 1.00 e. The maximum absolute atomic E-state index is 10.8. The molecule has 4 rings (SSSR count). The first-order chi connectivity index (χ1) is 13.1. The molecule has 0 aliphatic carbocycles. The molecule has 3 aromatic carbocycles. The van der Waals surface area contributed by atoms with Crippen molar-refractivity contribution in [3.05, 3.63) is 78.6 Å². The molecule has 0 unspecified atom stereocenters. The molecular formula is C22H19LiN2O2S. The molecule has 0 fully saturated rings. The molecule has 0 radical (unpaired) electrons. The summed E-state index contributed by atoms with van der Waals surface area (Å²) in [6.07, 6.45) is 3.91. The van der Waals surface area contributed by atoms with Crippen molar-refractivity contribution < 1.29 is 30.2 Å². The summed E-state index contributed by atoms with van der Waals surface area (Å²) in [5.74, 6) is -0.825. The van der Waals surface area contributed by atoms with Crippen LogP contribution in [0, 0.1) is 0 Å². The van der Waals surface area contributed by atoms with Crippen LogP contribution < -0.4 is 18.9 Å². The van der Waals surface area contributed by atoms with Crippen molar-refractivity contribution in [2.75, 3.05) is 6.26 Å². The van der Waals surface area contributed by atoms with E-state index in [4.69, 9.17) is 5.11 Å². The van der Waals surface area contributed by atoms with Crippen LogP contribution in [-0.2, 0) is 11.2 Å². The second-order valence-electron chi connectivity index (χ2n) is 6.28. The van der Waals surface area contributed by atoms with E-state index in [2.05, 4.69) is 53.7 Å². The molecule has 0 atom stereocenters. The number of imidazole rings is 1. The standard InChI is InChI=1S/C22H18N2O2S.Li.H/c1-27-19-9-4-16(5-10-19)17-6-11-21-20(13-17)23-14-24(21)18-7-2-15(3-8-18)12-22(25)26;;/h2-11,13-14H,12H2,1H3,(H,25,26);;/q;+1;-1. The molecule has 1 heterocycles. The number of nitrogens with zero attached hydrogens (tertiary/aromatic N) is 2. The van der Waals surface area contributed by atoms with Crippen molar-refractivity contribution in [2.24, 2.45) is 0 Å². The van der Waals surface area contributed by atoms with Gasteiger partial charge in [-0.25, -0.2) is 4.98 Å². The average molecular weight is 382 g/mol. The number of carboxylic acid groups (broad SMARTS) is 1. The Morgan fingerprint density at radius 3 is 2.36 bits per heavy atom. The number of hydrogen-bond donors (Lipinski definition) is 1. The first-order valence-electron chi connectivity index (χ1n) is 8.57. The minimum Gasteiger partial charge on any atom is -1.00 e. The first-order valence-corrected chi connectivity index (χ1v) is 9.79. The molecule has 0 aliphatic heterocycles. The third-order valence-electron chi connectivity index (χ3n) is 4.54. The van der Waals surface area contributed by atoms with Gasteiger partial charge in [-0.05, 0) is 59.3 Å². The zero-order valence-corrected chi connectivity index (χ0v) is 16.6. The van der Waals surface area contributed by atoms with E-state index in [9.17, 15) is 4.79 Å². The summed E-state index contributed by atoms with van der Waals surface area (Å²) < 4.78 is 2.01. The number of hydrogen-bond acceptors (Lipinski definition) is 3. The summed E-state index contributed by atoms with van der Waals surface area (Å²) >= 11 is 1.73. The number of carbonyl (C=O) groups is 1. The fourth-order valence-corrected chi connectivity index (χ4v) is 3.54. The van der Waals surface area contributed by atoms with Crippen molar-refractivity contribution in [3.63, 3.8) is 0 Å². The molecule has 4 aromatic rings. The minimum absolute atomic E-state index is 0. The molecule has 1 N–H and O–H groups in total. The fourth-order valence-electron chi connectivity index (χ4n) is 3.13. The third kappa shape index (κ3) is 4.18. The summed E-state index contributed by atoms with van der Waals surface area (Å²) in [4.78, 5) is 16.6. The van der Waals surface area contributed by atoms with Crippen molar-refractivity contribution in [1.82, 2.24) is 9.55 Å². The third-order valence-corrected chi connectivity index (χ3v) is 5.28. The number of carboxylic acids is 1. The van der Waals surface area contributed by atoms with Gasteiger partial charge < -0.3 is 6.53 Å². The van der Waals surface area contributed by atoms with E-state index in [0.29, 0.717) is 0 Å². The summed E-state index contributed by atoms with van der Waals surface area (Å²) in [5, 5.41) is 8.89. The van der Waals surface area contributed by atoms with E-state index < -0.39 is 5.97 Å². The van der Waals surface area contributed by atoms with Gasteiger partial charge in [0.2, 0.25) is 0 Å². The Kier molecular flexibility index (Phi) is 6.31. The van der Waals surface area contributed by atoms with Crippen LogP contribution in [0.2, 0.25) is 0 Å². The van der Waals surface area contributed by atoms with E-state index in [1.54, 1.807) is 18.1 Å². The first kappa shape index (κ1) is 20.3. The SMILES string of the molecule is CSc1ccc(-c2ccc3c(c2)ncn3-c2ccc(CC(=O)O)cc2)cc1.[H-].[Li+]. The Labute approximate surface area is 181 Å². The van der Waals surface area contributed by atoms with E-state index in [1.165, 1.54) is 10.5 Å². The zero-order chi connectivity index (χ0) is 18.8. The Hall–Kier alpha value is -2.45. The van der Waals surface area contributed by atoms with Gasteiger partial charge in [-0.15, -0.1) is 11.8 Å². The summed E-state index contributed by atoms with van der Waals surface area (Å²) in [5.41, 5.74) is 6.00. The van der Waals surface area contributed by atoms with Crippen LogP contribution in [0.4, 0.5) is 0 Å². The van der Waals surface area contributed by atoms with Gasteiger partial charge in [0.15, 0.2) is 0 Å². The number of thioether (sulfide) groups is 1. The van der Waals surface area contributed by atoms with E-state index in [0.717, 1.165) is 27.8 Å². The van der Waals surface area contributed by atoms with Crippen LogP contribution in [0.15, 0.2) is 78.0 Å². The molecule has 6 heteroatoms. The summed E-state index contributed by atoms with van der Waals surface area (Å²) in [7, 11) is 0. The van der Waals surface area contributed by atoms with Crippen molar-refractivity contribution in [3.8, 4) is 16.8 Å². The van der Waals surface area contributed by atoms with E-state index in [1.807, 2.05) is 28.8 Å². The van der Waals surface area contributed by atoms with Crippen LogP contribution in [0.5, 0.6) is 0 Å². The summed E-state index contributed by atoms with van der Waals surface area (Å²) in [6, 6.07) is 22.3. The second-order valence-corrected chi connectivity index (χ2v) is 7.16. The Morgan fingerprint density at radius 2 is 1.71 bits per heavy atom. The fraction of sp³-hybridized carbons (Fsp3) is 0.0909. The predicted octanol–water partition coefficient (Wildman–Crippen LogP) is 2.16. The number of benzene rings is 3. The van der Waals surface area contributed by atoms with Crippen LogP contribution >= 0.6 is 11.8 Å². The molecule has 28 heavy (non-hydrogen) atoms. The molecular weight excluding hydrogens is 363 g/mol. The van der Waals surface area contributed by atoms with Crippen LogP contribution in [0.1, 0.15) is 6.99 Å². The molecule has 0 spiro atoms. The van der Waals surface area contributed by atoms with Crippen LogP contribution in [-0.4, -0.2) is 26.9 Å². The predicted molar refractivity (Wildman–Crippen MR) is 111 cm³/mol. The van der Waals surface area contributed by atoms with Crippen molar-refractivity contribution in [1.29, 1.82) is 0 Å². The monoisotopic (exact) mass is 382 g/mol. The van der Waals surface area contributed by atoms with Gasteiger partial charge in [-0.2, -0.15) is 0 Å². The van der Waals surface area contributed by atoms with Gasteiger partial charge in [0.25, 0.3) is 0 Å². The molecule has 4 nitrogen and oxygen atoms in total. The second kappa shape index (κ2) is 8.70. The zero-order valence-electron chi connectivity index (χ0n) is 16.8. The minimum atomic E-state index is -0.825. The Bertz CT molecular complexity index is 1110. The van der Waals surface area contributed by atoms with Gasteiger partial charge in [0.05, 0.1) is 17.5 Å². The van der Waals surface area contributed by atoms with Crippen molar-refractivity contribution in [2.45, 2.75) is 11.3 Å². The van der Waals surface area contributed by atoms with Gasteiger partial charge >= 0.3 is 24.8 Å². The van der Waals surface area contributed by atoms with E-state index >= 15 is 0 Å². The molecule has 136 valence electrons. The molecule has 0 bridgehead atoms. The number of aromatic nitrogens is 2. The molecule has 0 saturated carbocycles. The topological polar surface area (TPSA) is 55.1 Å². The van der Waals surface area contributed by atoms with Gasteiger partial charge in [0.1, 0.15) is 6.33 Å².